The first kappa shape index (κ1) is 50.4. The van der Waals surface area contributed by atoms with Gasteiger partial charge in [-0.15, -0.1) is 5.10 Å². The molecule has 3 aromatic rings. The number of hydrogen-bond donors (Lipinski definition) is 3. The van der Waals surface area contributed by atoms with Gasteiger partial charge in [-0.3, -0.25) is 48.4 Å². The van der Waals surface area contributed by atoms with Crippen molar-refractivity contribution < 1.29 is 47.6 Å². The Morgan fingerprint density at radius 3 is 2.36 bits per heavy atom. The topological polar surface area (TPSA) is 239 Å². The number of hydrogen-bond acceptors (Lipinski definition) is 20. The summed E-state index contributed by atoms with van der Waals surface area (Å²) in [7, 11) is 3.25. The van der Waals surface area contributed by atoms with Crippen molar-refractivity contribution in [2.75, 3.05) is 116 Å². The SMILES string of the molecule is C=CC(=O)N[C@@H]1CN(c2nc(Nc3cn(CCCCCNC(=O)CN4CCN(CC)CC(=O)ON5OC(=O)CN(C)CCN(CC4)CC(=O)O5)nc3OC)c3ncn(C(C)(C)C)c3n2)C[C@H]1F. The molecule has 6 rings (SSSR count). The van der Waals surface area contributed by atoms with Crippen LogP contribution in [-0.2, 0) is 50.6 Å². The lowest BCUT2D eigenvalue weighted by Gasteiger charge is -2.30. The van der Waals surface area contributed by atoms with Crippen molar-refractivity contribution in [2.45, 2.75) is 71.3 Å². The molecular weight excluding hydrogens is 878 g/mol. The Kier molecular flexibility index (Phi) is 17.4. The van der Waals surface area contributed by atoms with E-state index < -0.39 is 36.0 Å². The number of aryl methyl sites for hydroxylation is 1. The number of imidazole rings is 1. The summed E-state index contributed by atoms with van der Waals surface area (Å²) in [4.78, 5) is 102. The second-order valence-electron chi connectivity index (χ2n) is 17.7. The Morgan fingerprint density at radius 1 is 0.940 bits per heavy atom. The van der Waals surface area contributed by atoms with Crippen LogP contribution in [0.5, 0.6) is 5.88 Å². The Bertz CT molecular complexity index is 2220. The first-order chi connectivity index (χ1) is 32.0. The Labute approximate surface area is 388 Å². The number of aromatic nitrogens is 6. The summed E-state index contributed by atoms with van der Waals surface area (Å²) in [6.07, 6.45) is 5.56. The highest BCUT2D eigenvalue weighted by Gasteiger charge is 2.36. The lowest BCUT2D eigenvalue weighted by Crippen LogP contribution is -2.47. The molecule has 2 bridgehead atoms. The second kappa shape index (κ2) is 23.1. The van der Waals surface area contributed by atoms with Crippen molar-refractivity contribution in [3.05, 3.63) is 25.2 Å². The van der Waals surface area contributed by atoms with Gasteiger partial charge in [-0.1, -0.05) is 13.5 Å². The molecular formula is C42H64FN15O9. The number of carbonyl (C=O) groups is 5. The molecule has 0 aliphatic carbocycles. The number of fused-ring (bicyclic) bond motifs is 5. The molecule has 3 fully saturated rings. The van der Waals surface area contributed by atoms with Crippen molar-refractivity contribution in [2.24, 2.45) is 0 Å². The Morgan fingerprint density at radius 2 is 1.64 bits per heavy atom. The molecule has 0 radical (unpaired) electrons. The summed E-state index contributed by atoms with van der Waals surface area (Å²) in [5, 5.41) is 13.8. The minimum absolute atomic E-state index is 0.0153. The fourth-order valence-electron chi connectivity index (χ4n) is 7.68. The number of halogens is 1. The summed E-state index contributed by atoms with van der Waals surface area (Å²) < 4.78 is 24.4. The standard InChI is InChI=1S/C42H64FN15O9/c1-8-32(59)46-30-22-55(21-29(30)43)41-48-38(37-39(49-41)57(28-45-37)42(3,4)5)47-31-23-56(50-40(31)64-7)14-12-10-11-13-44-33(60)24-53-18-17-52(9-2)26-35(62)66-58-65-34(61)25-51(6)15-16-54(20-19-53)27-36(63)67-58/h8,23,28-30H,1,9-22,24-27H2,2-7H3,(H,44,60)(H,46,59)(H,47,48,49)/t29-,30-/m1/s1. The maximum atomic E-state index is 15.1. The van der Waals surface area contributed by atoms with E-state index in [0.717, 1.165) is 25.3 Å². The van der Waals surface area contributed by atoms with Crippen molar-refractivity contribution in [3.8, 4) is 5.88 Å². The fourth-order valence-corrected chi connectivity index (χ4v) is 7.68. The molecule has 2 unspecified atom stereocenters. The van der Waals surface area contributed by atoms with E-state index in [1.165, 1.54) is 7.11 Å². The third kappa shape index (κ3) is 14.2. The van der Waals surface area contributed by atoms with Gasteiger partial charge < -0.3 is 30.2 Å². The summed E-state index contributed by atoms with van der Waals surface area (Å²) >= 11 is 0. The van der Waals surface area contributed by atoms with Crippen molar-refractivity contribution in [1.29, 1.82) is 0 Å². The van der Waals surface area contributed by atoms with E-state index in [1.807, 2.05) is 53.2 Å². The highest BCUT2D eigenvalue weighted by Crippen LogP contribution is 2.33. The number of likely N-dealkylation sites (N-methyl/N-ethyl adjacent to an activating group) is 2. The smallest absolute Gasteiger partial charge is 0.346 e. The van der Waals surface area contributed by atoms with Gasteiger partial charge in [0, 0.05) is 64.4 Å². The average Bonchev–Trinajstić information content (AvgIpc) is 3.99. The van der Waals surface area contributed by atoms with Crippen LogP contribution in [0.1, 0.15) is 47.0 Å². The van der Waals surface area contributed by atoms with Crippen LogP contribution in [0, 0.1) is 0 Å². The molecule has 3 aromatic heterocycles. The number of anilines is 3. The third-order valence-corrected chi connectivity index (χ3v) is 11.4. The highest BCUT2D eigenvalue weighted by molar-refractivity contribution is 5.88. The molecule has 3 N–H and O–H groups in total. The summed E-state index contributed by atoms with van der Waals surface area (Å²) in [6, 6.07) is -0.756. The molecule has 25 heteroatoms. The number of rotatable bonds is 15. The molecule has 24 nitrogen and oxygen atoms in total. The number of nitrogens with one attached hydrogen (secondary N) is 3. The summed E-state index contributed by atoms with van der Waals surface area (Å²) in [5.74, 6) is -1.96. The van der Waals surface area contributed by atoms with E-state index in [1.54, 1.807) is 27.9 Å². The average molecular weight is 942 g/mol. The molecule has 3 aliphatic rings. The van der Waals surface area contributed by atoms with E-state index in [2.05, 4.69) is 32.6 Å². The Balaban J connectivity index is 1.03. The van der Waals surface area contributed by atoms with Gasteiger partial charge in [0.05, 0.1) is 58.4 Å². The van der Waals surface area contributed by atoms with Crippen LogP contribution in [-0.4, -0.2) is 202 Å². The lowest BCUT2D eigenvalue weighted by atomic mass is 10.1. The Hall–Kier alpha value is -6.02. The predicted octanol–water partition coefficient (Wildman–Crippen LogP) is 0.207. The van der Waals surface area contributed by atoms with Crippen LogP contribution in [0.3, 0.4) is 0 Å². The van der Waals surface area contributed by atoms with Gasteiger partial charge in [0.1, 0.15) is 11.9 Å². The van der Waals surface area contributed by atoms with Crippen LogP contribution >= 0.6 is 0 Å². The molecule has 368 valence electrons. The third-order valence-electron chi connectivity index (χ3n) is 11.4. The maximum Gasteiger partial charge on any atom is 0.346 e. The number of amides is 2. The quantitative estimate of drug-likeness (QED) is 0.136. The zero-order valence-corrected chi connectivity index (χ0v) is 39.2. The van der Waals surface area contributed by atoms with Gasteiger partial charge in [-0.05, 0) is 59.7 Å². The molecule has 0 saturated carbocycles. The number of nitrogens with zero attached hydrogens (tertiary/aromatic N) is 12. The monoisotopic (exact) mass is 941 g/mol. The zero-order valence-electron chi connectivity index (χ0n) is 39.2. The number of unbranched alkanes of at least 4 members (excludes halogenated alkanes) is 2. The van der Waals surface area contributed by atoms with Gasteiger partial charge in [0.2, 0.25) is 23.2 Å². The van der Waals surface area contributed by atoms with Crippen LogP contribution in [0.2, 0.25) is 0 Å². The molecule has 67 heavy (non-hydrogen) atoms. The normalized spacial score (nSPS) is 22.1. The van der Waals surface area contributed by atoms with Crippen LogP contribution in [0.15, 0.2) is 25.2 Å². The fraction of sp³-hybridized carbons (Fsp3) is 0.643. The summed E-state index contributed by atoms with van der Waals surface area (Å²) in [6.45, 7) is 15.4. The molecule has 4 atom stereocenters. The molecule has 3 aliphatic heterocycles. The van der Waals surface area contributed by atoms with E-state index in [-0.39, 0.29) is 62.1 Å². The summed E-state index contributed by atoms with van der Waals surface area (Å²) in [5.41, 5.74) is 1.21. The van der Waals surface area contributed by atoms with Crippen LogP contribution in [0.4, 0.5) is 21.8 Å². The number of methoxy groups -OCH3 is 1. The predicted molar refractivity (Wildman–Crippen MR) is 241 cm³/mol. The van der Waals surface area contributed by atoms with E-state index in [0.29, 0.717) is 87.5 Å². The number of carbonyl (C=O) groups excluding carboxylic acids is 5. The highest BCUT2D eigenvalue weighted by atomic mass is 19.1. The molecule has 2 amide bonds. The van der Waals surface area contributed by atoms with Crippen LogP contribution < -0.4 is 25.6 Å². The van der Waals surface area contributed by atoms with Gasteiger partial charge >= 0.3 is 17.9 Å². The number of alkyl halides is 1. The lowest BCUT2D eigenvalue weighted by molar-refractivity contribution is -0.464. The largest absolute Gasteiger partial charge is 0.478 e. The van der Waals surface area contributed by atoms with E-state index in [4.69, 9.17) is 29.2 Å². The van der Waals surface area contributed by atoms with Gasteiger partial charge in [0.25, 0.3) is 5.88 Å². The van der Waals surface area contributed by atoms with E-state index >= 15 is 4.39 Å². The minimum Gasteiger partial charge on any atom is -0.478 e. The molecule has 0 spiro atoms. The van der Waals surface area contributed by atoms with Crippen molar-refractivity contribution >= 4 is 58.3 Å². The molecule has 0 aromatic carbocycles. The maximum absolute atomic E-state index is 15.1. The molecule has 6 heterocycles. The molecule has 3 saturated heterocycles. The van der Waals surface area contributed by atoms with Gasteiger partial charge in [0.15, 0.2) is 17.0 Å². The zero-order chi connectivity index (χ0) is 48.3. The number of ether oxygens (including phenoxy) is 1. The van der Waals surface area contributed by atoms with E-state index in [9.17, 15) is 24.0 Å². The first-order valence-electron chi connectivity index (χ1n) is 22.5. The van der Waals surface area contributed by atoms with Crippen molar-refractivity contribution in [3.63, 3.8) is 0 Å². The van der Waals surface area contributed by atoms with Gasteiger partial charge in [-0.25, -0.2) is 23.8 Å². The van der Waals surface area contributed by atoms with Gasteiger partial charge in [-0.2, -0.15) is 9.97 Å². The van der Waals surface area contributed by atoms with Crippen molar-refractivity contribution in [1.82, 2.24) is 64.9 Å². The first-order valence-corrected chi connectivity index (χ1v) is 22.5. The van der Waals surface area contributed by atoms with Crippen LogP contribution in [0.25, 0.3) is 11.2 Å². The minimum atomic E-state index is -1.34. The second-order valence-corrected chi connectivity index (χ2v) is 17.7.